The average Bonchev–Trinajstić information content (AvgIpc) is 2.29. The molecule has 3 heteroatoms. The van der Waals surface area contributed by atoms with Crippen LogP contribution in [0, 0.1) is 0 Å². The lowest BCUT2D eigenvalue weighted by atomic mass is 9.97. The predicted octanol–water partition coefficient (Wildman–Crippen LogP) is 2.88. The SMILES string of the molecule is CCC(C)(N)C(=O)Nc1ccccc1C(C)C. The highest BCUT2D eigenvalue weighted by molar-refractivity contribution is 5.98. The molecule has 0 aliphatic heterocycles. The molecule has 94 valence electrons. The van der Waals surface area contributed by atoms with Gasteiger partial charge in [0.05, 0.1) is 5.54 Å². The Morgan fingerprint density at radius 2 is 2.00 bits per heavy atom. The van der Waals surface area contributed by atoms with E-state index in [1.807, 2.05) is 31.2 Å². The first kappa shape index (κ1) is 13.7. The van der Waals surface area contributed by atoms with Crippen LogP contribution in [0.3, 0.4) is 0 Å². The third-order valence-electron chi connectivity index (χ3n) is 3.08. The zero-order valence-corrected chi connectivity index (χ0v) is 11.1. The third-order valence-corrected chi connectivity index (χ3v) is 3.08. The first-order chi connectivity index (χ1) is 7.88. The Hall–Kier alpha value is -1.35. The quantitative estimate of drug-likeness (QED) is 0.841. The van der Waals surface area contributed by atoms with Gasteiger partial charge in [-0.05, 0) is 30.9 Å². The van der Waals surface area contributed by atoms with E-state index in [0.717, 1.165) is 11.3 Å². The molecule has 3 N–H and O–H groups in total. The van der Waals surface area contributed by atoms with Crippen molar-refractivity contribution in [3.05, 3.63) is 29.8 Å². The molecular formula is C14H22N2O. The average molecular weight is 234 g/mol. The molecule has 0 saturated heterocycles. The summed E-state index contributed by atoms with van der Waals surface area (Å²) in [6.45, 7) is 7.87. The Morgan fingerprint density at radius 3 is 2.53 bits per heavy atom. The van der Waals surface area contributed by atoms with Crippen LogP contribution in [0.25, 0.3) is 0 Å². The van der Waals surface area contributed by atoms with Crippen molar-refractivity contribution in [3.63, 3.8) is 0 Å². The highest BCUT2D eigenvalue weighted by Gasteiger charge is 2.26. The highest BCUT2D eigenvalue weighted by atomic mass is 16.2. The van der Waals surface area contributed by atoms with Gasteiger partial charge in [0.25, 0.3) is 0 Å². The highest BCUT2D eigenvalue weighted by Crippen LogP contribution is 2.24. The monoisotopic (exact) mass is 234 g/mol. The van der Waals surface area contributed by atoms with Crippen LogP contribution < -0.4 is 11.1 Å². The van der Waals surface area contributed by atoms with Crippen molar-refractivity contribution < 1.29 is 4.79 Å². The van der Waals surface area contributed by atoms with E-state index in [9.17, 15) is 4.79 Å². The summed E-state index contributed by atoms with van der Waals surface area (Å²) in [6.07, 6.45) is 0.614. The van der Waals surface area contributed by atoms with Crippen LogP contribution in [0.4, 0.5) is 5.69 Å². The molecule has 1 atom stereocenters. The number of hydrogen-bond donors (Lipinski definition) is 2. The van der Waals surface area contributed by atoms with Crippen LogP contribution in [0.5, 0.6) is 0 Å². The van der Waals surface area contributed by atoms with E-state index in [1.54, 1.807) is 6.92 Å². The smallest absolute Gasteiger partial charge is 0.244 e. The van der Waals surface area contributed by atoms with E-state index in [4.69, 9.17) is 5.73 Å². The van der Waals surface area contributed by atoms with Gasteiger partial charge in [-0.1, -0.05) is 39.0 Å². The summed E-state index contributed by atoms with van der Waals surface area (Å²) in [5, 5.41) is 2.92. The number of nitrogens with one attached hydrogen (secondary N) is 1. The number of hydrogen-bond acceptors (Lipinski definition) is 2. The maximum Gasteiger partial charge on any atom is 0.244 e. The minimum Gasteiger partial charge on any atom is -0.324 e. The Morgan fingerprint density at radius 1 is 1.41 bits per heavy atom. The zero-order chi connectivity index (χ0) is 13.1. The molecule has 1 aromatic carbocycles. The zero-order valence-electron chi connectivity index (χ0n) is 11.1. The molecule has 1 amide bonds. The second kappa shape index (κ2) is 5.32. The number of carbonyl (C=O) groups excluding carboxylic acids is 1. The molecule has 17 heavy (non-hydrogen) atoms. The van der Waals surface area contributed by atoms with Gasteiger partial charge < -0.3 is 11.1 Å². The number of rotatable bonds is 4. The second-order valence-corrected chi connectivity index (χ2v) is 4.97. The van der Waals surface area contributed by atoms with Gasteiger partial charge in [0.15, 0.2) is 0 Å². The predicted molar refractivity (Wildman–Crippen MR) is 72.0 cm³/mol. The van der Waals surface area contributed by atoms with E-state index >= 15 is 0 Å². The number of nitrogens with two attached hydrogens (primary N) is 1. The van der Waals surface area contributed by atoms with Gasteiger partial charge >= 0.3 is 0 Å². The fourth-order valence-corrected chi connectivity index (χ4v) is 1.54. The molecule has 0 radical (unpaired) electrons. The van der Waals surface area contributed by atoms with Gasteiger partial charge in [-0.3, -0.25) is 4.79 Å². The summed E-state index contributed by atoms with van der Waals surface area (Å²) < 4.78 is 0. The molecule has 0 heterocycles. The van der Waals surface area contributed by atoms with Crippen LogP contribution in [-0.2, 0) is 4.79 Å². The lowest BCUT2D eigenvalue weighted by Gasteiger charge is -2.23. The van der Waals surface area contributed by atoms with Crippen LogP contribution in [0.2, 0.25) is 0 Å². The number of amides is 1. The standard InChI is InChI=1S/C14H22N2O/c1-5-14(4,15)13(17)16-12-9-7-6-8-11(12)10(2)3/h6-10H,5,15H2,1-4H3,(H,16,17). The van der Waals surface area contributed by atoms with Crippen LogP contribution >= 0.6 is 0 Å². The van der Waals surface area contributed by atoms with Gasteiger partial charge in [-0.2, -0.15) is 0 Å². The minimum atomic E-state index is -0.815. The van der Waals surface area contributed by atoms with E-state index in [0.29, 0.717) is 12.3 Å². The lowest BCUT2D eigenvalue weighted by Crippen LogP contribution is -2.47. The minimum absolute atomic E-state index is 0.131. The van der Waals surface area contributed by atoms with Gasteiger partial charge in [-0.25, -0.2) is 0 Å². The van der Waals surface area contributed by atoms with Gasteiger partial charge in [0.1, 0.15) is 0 Å². The van der Waals surface area contributed by atoms with Crippen molar-refractivity contribution in [1.29, 1.82) is 0 Å². The fraction of sp³-hybridized carbons (Fsp3) is 0.500. The van der Waals surface area contributed by atoms with Crippen molar-refractivity contribution in [2.75, 3.05) is 5.32 Å². The number of carbonyl (C=O) groups is 1. The van der Waals surface area contributed by atoms with Crippen molar-refractivity contribution in [2.45, 2.75) is 45.6 Å². The first-order valence-electron chi connectivity index (χ1n) is 6.07. The molecule has 0 saturated carbocycles. The van der Waals surface area contributed by atoms with Crippen molar-refractivity contribution >= 4 is 11.6 Å². The van der Waals surface area contributed by atoms with Crippen LogP contribution in [0.1, 0.15) is 45.6 Å². The maximum absolute atomic E-state index is 12.0. The van der Waals surface area contributed by atoms with E-state index in [1.165, 1.54) is 0 Å². The largest absolute Gasteiger partial charge is 0.324 e. The molecule has 1 aromatic rings. The molecule has 0 aliphatic rings. The summed E-state index contributed by atoms with van der Waals surface area (Å²) in [4.78, 5) is 12.0. The Kier molecular flexibility index (Phi) is 4.29. The maximum atomic E-state index is 12.0. The van der Waals surface area contributed by atoms with E-state index < -0.39 is 5.54 Å². The second-order valence-electron chi connectivity index (χ2n) is 4.97. The summed E-state index contributed by atoms with van der Waals surface area (Å²) in [6, 6.07) is 7.84. The molecule has 1 unspecified atom stereocenters. The summed E-state index contributed by atoms with van der Waals surface area (Å²) in [5.74, 6) is 0.241. The Balaban J connectivity index is 2.93. The van der Waals surface area contributed by atoms with E-state index in [-0.39, 0.29) is 5.91 Å². The molecule has 0 bridgehead atoms. The summed E-state index contributed by atoms with van der Waals surface area (Å²) >= 11 is 0. The van der Waals surface area contributed by atoms with Crippen LogP contribution in [0.15, 0.2) is 24.3 Å². The number of benzene rings is 1. The van der Waals surface area contributed by atoms with Gasteiger partial charge in [0.2, 0.25) is 5.91 Å². The summed E-state index contributed by atoms with van der Waals surface area (Å²) in [5.41, 5.74) is 7.10. The molecular weight excluding hydrogens is 212 g/mol. The molecule has 3 nitrogen and oxygen atoms in total. The van der Waals surface area contributed by atoms with Gasteiger partial charge in [-0.15, -0.1) is 0 Å². The van der Waals surface area contributed by atoms with Crippen molar-refractivity contribution in [3.8, 4) is 0 Å². The molecule has 1 rings (SSSR count). The normalized spacial score (nSPS) is 14.5. The fourth-order valence-electron chi connectivity index (χ4n) is 1.54. The Labute approximate surface area is 103 Å². The molecule has 0 spiro atoms. The van der Waals surface area contributed by atoms with Crippen molar-refractivity contribution in [2.24, 2.45) is 5.73 Å². The number of anilines is 1. The van der Waals surface area contributed by atoms with Crippen LogP contribution in [-0.4, -0.2) is 11.4 Å². The van der Waals surface area contributed by atoms with E-state index in [2.05, 4.69) is 19.2 Å². The lowest BCUT2D eigenvalue weighted by molar-refractivity contribution is -0.120. The topological polar surface area (TPSA) is 55.1 Å². The number of para-hydroxylation sites is 1. The third kappa shape index (κ3) is 3.30. The Bertz CT molecular complexity index is 397. The van der Waals surface area contributed by atoms with Gasteiger partial charge in [0, 0.05) is 5.69 Å². The molecule has 0 aromatic heterocycles. The molecule has 0 fully saturated rings. The molecule has 0 aliphatic carbocycles. The van der Waals surface area contributed by atoms with Crippen molar-refractivity contribution in [1.82, 2.24) is 0 Å². The first-order valence-corrected chi connectivity index (χ1v) is 6.07. The summed E-state index contributed by atoms with van der Waals surface area (Å²) in [7, 11) is 0.